The summed E-state index contributed by atoms with van der Waals surface area (Å²) in [5.41, 5.74) is 0.162. The van der Waals surface area contributed by atoms with Crippen LogP contribution in [0.4, 0.5) is 11.4 Å². The van der Waals surface area contributed by atoms with Crippen LogP contribution in [0.5, 0.6) is 0 Å². The topological polar surface area (TPSA) is 104 Å². The number of carboxylic acid groups (broad SMARTS) is 1. The van der Waals surface area contributed by atoms with Crippen molar-refractivity contribution in [1.29, 1.82) is 0 Å². The Morgan fingerprint density at radius 3 is 2.38 bits per heavy atom. The van der Waals surface area contributed by atoms with E-state index in [0.717, 1.165) is 0 Å². The molecule has 8 nitrogen and oxygen atoms in total. The minimum atomic E-state index is -1.10. The summed E-state index contributed by atoms with van der Waals surface area (Å²) in [7, 11) is 3.14. The minimum Gasteiger partial charge on any atom is -0.480 e. The summed E-state index contributed by atoms with van der Waals surface area (Å²) in [6, 6.07) is 3.93. The van der Waals surface area contributed by atoms with Crippen molar-refractivity contribution in [3.8, 4) is 0 Å². The summed E-state index contributed by atoms with van der Waals surface area (Å²) in [5, 5.41) is 20.0. The number of amides is 1. The van der Waals surface area contributed by atoms with Crippen LogP contribution in [-0.4, -0.2) is 54.0 Å². The molecule has 0 unspecified atom stereocenters. The molecule has 0 atom stereocenters. The summed E-state index contributed by atoms with van der Waals surface area (Å²) < 4.78 is 0. The Labute approximate surface area is 121 Å². The molecule has 0 spiro atoms. The normalized spacial score (nSPS) is 10.0. The molecule has 1 aromatic rings. The van der Waals surface area contributed by atoms with Crippen LogP contribution in [0.3, 0.4) is 0 Å². The maximum absolute atomic E-state index is 11.9. The highest BCUT2D eigenvalue weighted by atomic mass is 16.6. The summed E-state index contributed by atoms with van der Waals surface area (Å²) >= 11 is 0. The number of rotatable bonds is 6. The Morgan fingerprint density at radius 2 is 1.95 bits per heavy atom. The van der Waals surface area contributed by atoms with Crippen LogP contribution in [0.15, 0.2) is 18.2 Å². The number of benzene rings is 1. The predicted octanol–water partition coefficient (Wildman–Crippen LogP) is 1.21. The molecular formula is C13H17N3O5. The third kappa shape index (κ3) is 3.91. The number of nitrogens with zero attached hydrogens (tertiary/aromatic N) is 3. The Kier molecular flexibility index (Phi) is 5.23. The Hall–Kier alpha value is -2.64. The van der Waals surface area contributed by atoms with Crippen LogP contribution in [-0.2, 0) is 4.79 Å². The van der Waals surface area contributed by atoms with Gasteiger partial charge in [-0.15, -0.1) is 0 Å². The van der Waals surface area contributed by atoms with Crippen molar-refractivity contribution in [3.05, 3.63) is 33.9 Å². The number of likely N-dealkylation sites (N-methyl/N-ethyl adjacent to an activating group) is 1. The smallest absolute Gasteiger partial charge is 0.323 e. The van der Waals surface area contributed by atoms with Crippen LogP contribution in [0.25, 0.3) is 0 Å². The highest BCUT2D eigenvalue weighted by molar-refractivity contribution is 5.96. The summed E-state index contributed by atoms with van der Waals surface area (Å²) in [6.07, 6.45) is 0. The van der Waals surface area contributed by atoms with Crippen LogP contribution in [0.2, 0.25) is 0 Å². The number of nitro groups is 1. The molecule has 1 rings (SSSR count). The molecular weight excluding hydrogens is 278 g/mol. The summed E-state index contributed by atoms with van der Waals surface area (Å²) in [5.74, 6) is -1.41. The van der Waals surface area contributed by atoms with Gasteiger partial charge in [0.25, 0.3) is 11.6 Å². The first-order chi connectivity index (χ1) is 9.77. The van der Waals surface area contributed by atoms with Gasteiger partial charge in [0.2, 0.25) is 0 Å². The molecule has 0 aliphatic rings. The number of nitro benzene ring substituents is 1. The predicted molar refractivity (Wildman–Crippen MR) is 76.6 cm³/mol. The molecule has 1 amide bonds. The van der Waals surface area contributed by atoms with Gasteiger partial charge in [0.15, 0.2) is 0 Å². The first kappa shape index (κ1) is 16.4. The van der Waals surface area contributed by atoms with E-state index >= 15 is 0 Å². The lowest BCUT2D eigenvalue weighted by atomic mass is 10.1. The second kappa shape index (κ2) is 6.69. The summed E-state index contributed by atoms with van der Waals surface area (Å²) in [6.45, 7) is 1.58. The number of hydrogen-bond acceptors (Lipinski definition) is 5. The summed E-state index contributed by atoms with van der Waals surface area (Å²) in [4.78, 5) is 36.0. The standard InChI is InChI=1S/C13H17N3O5/c1-4-15(8-12(17)18)11-7-9(13(19)14(2)3)5-6-10(11)16(20)21/h5-7H,4,8H2,1-3H3,(H,17,18). The highest BCUT2D eigenvalue weighted by Crippen LogP contribution is 2.29. The van der Waals surface area contributed by atoms with Gasteiger partial charge in [0.1, 0.15) is 12.2 Å². The van der Waals surface area contributed by atoms with E-state index in [1.54, 1.807) is 21.0 Å². The molecule has 114 valence electrons. The Balaban J connectivity index is 3.36. The molecule has 8 heteroatoms. The van der Waals surface area contributed by atoms with Crippen molar-refractivity contribution >= 4 is 23.3 Å². The van der Waals surface area contributed by atoms with Crippen LogP contribution in [0.1, 0.15) is 17.3 Å². The van der Waals surface area contributed by atoms with E-state index in [0.29, 0.717) is 0 Å². The van der Waals surface area contributed by atoms with Gasteiger partial charge in [-0.05, 0) is 19.1 Å². The maximum Gasteiger partial charge on any atom is 0.323 e. The molecule has 1 N–H and O–H groups in total. The molecule has 0 saturated carbocycles. The fraction of sp³-hybridized carbons (Fsp3) is 0.385. The Bertz CT molecular complexity index is 571. The molecule has 0 aliphatic heterocycles. The van der Waals surface area contributed by atoms with Crippen molar-refractivity contribution in [2.24, 2.45) is 0 Å². The number of aliphatic carboxylic acids is 1. The molecule has 0 aliphatic carbocycles. The molecule has 0 bridgehead atoms. The van der Waals surface area contributed by atoms with Crippen molar-refractivity contribution in [2.45, 2.75) is 6.92 Å². The van der Waals surface area contributed by atoms with Gasteiger partial charge in [-0.25, -0.2) is 0 Å². The van der Waals surface area contributed by atoms with Crippen molar-refractivity contribution < 1.29 is 19.6 Å². The van der Waals surface area contributed by atoms with E-state index in [1.807, 2.05) is 0 Å². The van der Waals surface area contributed by atoms with E-state index < -0.39 is 10.9 Å². The zero-order chi connectivity index (χ0) is 16.2. The maximum atomic E-state index is 11.9. The molecule has 0 fully saturated rings. The molecule has 0 aromatic heterocycles. The highest BCUT2D eigenvalue weighted by Gasteiger charge is 2.22. The SMILES string of the molecule is CCN(CC(=O)O)c1cc(C(=O)N(C)C)ccc1[N+](=O)[O-]. The third-order valence-electron chi connectivity index (χ3n) is 2.87. The van der Waals surface area contributed by atoms with Gasteiger partial charge in [0.05, 0.1) is 4.92 Å². The van der Waals surface area contributed by atoms with Crippen LogP contribution >= 0.6 is 0 Å². The average molecular weight is 295 g/mol. The number of carbonyl (C=O) groups is 2. The van der Waals surface area contributed by atoms with Gasteiger partial charge in [-0.2, -0.15) is 0 Å². The lowest BCUT2D eigenvalue weighted by molar-refractivity contribution is -0.384. The van der Waals surface area contributed by atoms with Gasteiger partial charge < -0.3 is 14.9 Å². The first-order valence-corrected chi connectivity index (χ1v) is 6.24. The fourth-order valence-corrected chi connectivity index (χ4v) is 1.85. The number of carboxylic acids is 1. The van der Waals surface area contributed by atoms with Crippen molar-refractivity contribution in [2.75, 3.05) is 32.1 Å². The lowest BCUT2D eigenvalue weighted by Gasteiger charge is -2.21. The Morgan fingerprint density at radius 1 is 1.33 bits per heavy atom. The molecule has 0 saturated heterocycles. The molecule has 21 heavy (non-hydrogen) atoms. The average Bonchev–Trinajstić information content (AvgIpc) is 2.42. The van der Waals surface area contributed by atoms with E-state index in [1.165, 1.54) is 28.0 Å². The monoisotopic (exact) mass is 295 g/mol. The number of carbonyl (C=O) groups excluding carboxylic acids is 1. The number of anilines is 1. The van der Waals surface area contributed by atoms with E-state index in [4.69, 9.17) is 5.11 Å². The zero-order valence-electron chi connectivity index (χ0n) is 12.1. The fourth-order valence-electron chi connectivity index (χ4n) is 1.85. The van der Waals surface area contributed by atoms with Crippen molar-refractivity contribution in [1.82, 2.24) is 4.90 Å². The second-order valence-corrected chi connectivity index (χ2v) is 4.57. The number of hydrogen-bond donors (Lipinski definition) is 1. The van der Waals surface area contributed by atoms with Gasteiger partial charge >= 0.3 is 5.97 Å². The largest absolute Gasteiger partial charge is 0.480 e. The zero-order valence-corrected chi connectivity index (χ0v) is 12.1. The minimum absolute atomic E-state index is 0.123. The second-order valence-electron chi connectivity index (χ2n) is 4.57. The quantitative estimate of drug-likeness (QED) is 0.625. The third-order valence-corrected chi connectivity index (χ3v) is 2.87. The molecule has 0 radical (unpaired) electrons. The molecule has 1 aromatic carbocycles. The van der Waals surface area contributed by atoms with Crippen LogP contribution in [0, 0.1) is 10.1 Å². The van der Waals surface area contributed by atoms with E-state index in [9.17, 15) is 19.7 Å². The van der Waals surface area contributed by atoms with E-state index in [2.05, 4.69) is 0 Å². The van der Waals surface area contributed by atoms with Crippen molar-refractivity contribution in [3.63, 3.8) is 0 Å². The van der Waals surface area contributed by atoms with Crippen LogP contribution < -0.4 is 4.90 Å². The lowest BCUT2D eigenvalue weighted by Crippen LogP contribution is -2.30. The van der Waals surface area contributed by atoms with Gasteiger partial charge in [0, 0.05) is 32.3 Å². The van der Waals surface area contributed by atoms with E-state index in [-0.39, 0.29) is 35.9 Å². The van der Waals surface area contributed by atoms with Gasteiger partial charge in [-0.1, -0.05) is 0 Å². The van der Waals surface area contributed by atoms with Gasteiger partial charge in [-0.3, -0.25) is 19.7 Å². The first-order valence-electron chi connectivity index (χ1n) is 6.24. The molecule has 0 heterocycles.